The minimum atomic E-state index is -4.46. The molecule has 0 radical (unpaired) electrons. The molecular formula is C15H14F3N3O2S. The number of nitrogens with zero attached hydrogens (tertiary/aromatic N) is 2. The van der Waals surface area contributed by atoms with Crippen molar-refractivity contribution >= 4 is 22.4 Å². The van der Waals surface area contributed by atoms with E-state index >= 15 is 0 Å². The van der Waals surface area contributed by atoms with Crippen molar-refractivity contribution in [1.29, 1.82) is 0 Å². The number of para-hydroxylation sites is 1. The van der Waals surface area contributed by atoms with Crippen LogP contribution in [0.5, 0.6) is 5.75 Å². The SMILES string of the molecule is NC(=O)c1cnc(N2CC[C@@H](Oc3ccccc3C(F)(F)F)C2)s1. The lowest BCUT2D eigenvalue weighted by Crippen LogP contribution is -2.25. The van der Waals surface area contributed by atoms with Crippen LogP contribution in [0.2, 0.25) is 0 Å². The van der Waals surface area contributed by atoms with Crippen LogP contribution in [0.25, 0.3) is 0 Å². The molecule has 0 spiro atoms. The zero-order valence-corrected chi connectivity index (χ0v) is 13.2. The van der Waals surface area contributed by atoms with Crippen molar-refractivity contribution < 1.29 is 22.7 Å². The molecule has 1 fully saturated rings. The van der Waals surface area contributed by atoms with Gasteiger partial charge in [-0.3, -0.25) is 4.79 Å². The molecule has 1 aromatic heterocycles. The summed E-state index contributed by atoms with van der Waals surface area (Å²) in [6.45, 7) is 0.989. The summed E-state index contributed by atoms with van der Waals surface area (Å²) in [6.07, 6.45) is -2.87. The largest absolute Gasteiger partial charge is 0.488 e. The molecule has 0 aliphatic carbocycles. The van der Waals surface area contributed by atoms with Gasteiger partial charge in [-0.25, -0.2) is 4.98 Å². The summed E-state index contributed by atoms with van der Waals surface area (Å²) in [5, 5.41) is 0.610. The molecule has 0 unspecified atom stereocenters. The van der Waals surface area contributed by atoms with Crippen molar-refractivity contribution in [3.8, 4) is 5.75 Å². The van der Waals surface area contributed by atoms with Gasteiger partial charge in [-0.1, -0.05) is 23.5 Å². The summed E-state index contributed by atoms with van der Waals surface area (Å²) in [7, 11) is 0. The highest BCUT2D eigenvalue weighted by Gasteiger charge is 2.35. The van der Waals surface area contributed by atoms with Crippen LogP contribution in [0.15, 0.2) is 30.5 Å². The van der Waals surface area contributed by atoms with Crippen LogP contribution in [-0.2, 0) is 6.18 Å². The predicted molar refractivity (Wildman–Crippen MR) is 83.3 cm³/mol. The van der Waals surface area contributed by atoms with E-state index in [1.54, 1.807) is 0 Å². The Morgan fingerprint density at radius 2 is 2.12 bits per heavy atom. The van der Waals surface area contributed by atoms with Gasteiger partial charge in [0.25, 0.3) is 5.91 Å². The fourth-order valence-corrected chi connectivity index (χ4v) is 3.31. The molecule has 24 heavy (non-hydrogen) atoms. The van der Waals surface area contributed by atoms with Gasteiger partial charge in [0.2, 0.25) is 0 Å². The van der Waals surface area contributed by atoms with Crippen LogP contribution < -0.4 is 15.4 Å². The summed E-state index contributed by atoms with van der Waals surface area (Å²) in [5.41, 5.74) is 4.41. The number of benzene rings is 1. The van der Waals surface area contributed by atoms with Crippen molar-refractivity contribution in [2.45, 2.75) is 18.7 Å². The molecule has 2 aromatic rings. The molecule has 2 N–H and O–H groups in total. The van der Waals surface area contributed by atoms with E-state index in [-0.39, 0.29) is 11.9 Å². The van der Waals surface area contributed by atoms with Gasteiger partial charge < -0.3 is 15.4 Å². The number of carbonyl (C=O) groups is 1. The van der Waals surface area contributed by atoms with E-state index in [0.717, 1.165) is 17.4 Å². The van der Waals surface area contributed by atoms with Gasteiger partial charge in [0.05, 0.1) is 18.3 Å². The molecule has 1 aliphatic rings. The maximum Gasteiger partial charge on any atom is 0.419 e. The highest BCUT2D eigenvalue weighted by atomic mass is 32.1. The molecule has 1 aromatic carbocycles. The first kappa shape index (κ1) is 16.6. The van der Waals surface area contributed by atoms with Crippen molar-refractivity contribution in [1.82, 2.24) is 4.98 Å². The highest BCUT2D eigenvalue weighted by Crippen LogP contribution is 2.37. The maximum absolute atomic E-state index is 13.0. The summed E-state index contributed by atoms with van der Waals surface area (Å²) in [4.78, 5) is 17.5. The van der Waals surface area contributed by atoms with Crippen molar-refractivity contribution in [3.05, 3.63) is 40.9 Å². The Kier molecular flexibility index (Phi) is 4.35. The zero-order valence-electron chi connectivity index (χ0n) is 12.4. The Labute approximate surface area is 139 Å². The number of aromatic nitrogens is 1. The molecule has 128 valence electrons. The standard InChI is InChI=1S/C15H14F3N3O2S/c16-15(17,18)10-3-1-2-4-11(10)23-9-5-6-21(8-9)14-20-7-12(24-14)13(19)22/h1-4,7,9H,5-6,8H2,(H2,19,22)/t9-/m1/s1. The van der Waals surface area contributed by atoms with E-state index < -0.39 is 17.6 Å². The number of ether oxygens (including phenoxy) is 1. The van der Waals surface area contributed by atoms with Crippen LogP contribution in [0, 0.1) is 0 Å². The molecule has 0 saturated carbocycles. The number of thiazole rings is 1. The number of hydrogen-bond donors (Lipinski definition) is 1. The number of nitrogens with two attached hydrogens (primary N) is 1. The van der Waals surface area contributed by atoms with Gasteiger partial charge in [0.1, 0.15) is 16.7 Å². The van der Waals surface area contributed by atoms with Gasteiger partial charge in [-0.05, 0) is 12.1 Å². The minimum Gasteiger partial charge on any atom is -0.488 e. The second-order valence-electron chi connectivity index (χ2n) is 5.34. The molecule has 1 atom stereocenters. The van der Waals surface area contributed by atoms with Crippen molar-refractivity contribution in [2.24, 2.45) is 5.73 Å². The number of halogens is 3. The summed E-state index contributed by atoms with van der Waals surface area (Å²) >= 11 is 1.16. The number of amides is 1. The Hall–Kier alpha value is -2.29. The highest BCUT2D eigenvalue weighted by molar-refractivity contribution is 7.17. The third-order valence-electron chi connectivity index (χ3n) is 3.64. The average molecular weight is 357 g/mol. The number of alkyl halides is 3. The van der Waals surface area contributed by atoms with E-state index in [4.69, 9.17) is 10.5 Å². The topological polar surface area (TPSA) is 68.5 Å². The van der Waals surface area contributed by atoms with Crippen LogP contribution in [0.3, 0.4) is 0 Å². The molecule has 0 bridgehead atoms. The Balaban J connectivity index is 1.70. The van der Waals surface area contributed by atoms with Crippen molar-refractivity contribution in [3.63, 3.8) is 0 Å². The predicted octanol–water partition coefficient (Wildman–Crippen LogP) is 2.92. The Morgan fingerprint density at radius 3 is 2.79 bits per heavy atom. The number of anilines is 1. The molecule has 1 aliphatic heterocycles. The van der Waals surface area contributed by atoms with E-state index in [9.17, 15) is 18.0 Å². The number of rotatable bonds is 4. The Morgan fingerprint density at radius 1 is 1.38 bits per heavy atom. The smallest absolute Gasteiger partial charge is 0.419 e. The maximum atomic E-state index is 13.0. The second-order valence-corrected chi connectivity index (χ2v) is 6.35. The first-order chi connectivity index (χ1) is 11.3. The molecule has 3 rings (SSSR count). The van der Waals surface area contributed by atoms with Gasteiger partial charge in [0, 0.05) is 13.0 Å². The Bertz CT molecular complexity index is 748. The van der Waals surface area contributed by atoms with Crippen LogP contribution in [0.4, 0.5) is 18.3 Å². The first-order valence-corrected chi connectivity index (χ1v) is 7.99. The molecule has 5 nitrogen and oxygen atoms in total. The number of primary amides is 1. The normalized spacial score (nSPS) is 18.0. The van der Waals surface area contributed by atoms with Gasteiger partial charge >= 0.3 is 6.18 Å². The number of carbonyl (C=O) groups excluding carboxylic acids is 1. The number of hydrogen-bond acceptors (Lipinski definition) is 5. The van der Waals surface area contributed by atoms with Gasteiger partial charge in [-0.15, -0.1) is 0 Å². The molecule has 1 amide bonds. The van der Waals surface area contributed by atoms with Crippen LogP contribution in [0.1, 0.15) is 21.7 Å². The summed E-state index contributed by atoms with van der Waals surface area (Å²) in [5.74, 6) is -0.723. The van der Waals surface area contributed by atoms with Crippen molar-refractivity contribution in [2.75, 3.05) is 18.0 Å². The van der Waals surface area contributed by atoms with E-state index in [1.807, 2.05) is 4.90 Å². The quantitative estimate of drug-likeness (QED) is 0.914. The zero-order chi connectivity index (χ0) is 17.3. The molecule has 1 saturated heterocycles. The average Bonchev–Trinajstić information content (AvgIpc) is 3.15. The molecule has 9 heteroatoms. The lowest BCUT2D eigenvalue weighted by molar-refractivity contribution is -0.139. The molecule has 2 heterocycles. The van der Waals surface area contributed by atoms with E-state index in [0.29, 0.717) is 29.5 Å². The lowest BCUT2D eigenvalue weighted by Gasteiger charge is -2.19. The second kappa shape index (κ2) is 6.31. The minimum absolute atomic E-state index is 0.172. The fraction of sp³-hybridized carbons (Fsp3) is 0.333. The van der Waals surface area contributed by atoms with Crippen LogP contribution >= 0.6 is 11.3 Å². The van der Waals surface area contributed by atoms with Gasteiger partial charge in [0.15, 0.2) is 5.13 Å². The first-order valence-electron chi connectivity index (χ1n) is 7.18. The van der Waals surface area contributed by atoms with E-state index in [1.165, 1.54) is 24.4 Å². The third-order valence-corrected chi connectivity index (χ3v) is 4.71. The fourth-order valence-electron chi connectivity index (χ4n) is 2.51. The van der Waals surface area contributed by atoms with Crippen LogP contribution in [-0.4, -0.2) is 30.1 Å². The van der Waals surface area contributed by atoms with Gasteiger partial charge in [-0.2, -0.15) is 13.2 Å². The lowest BCUT2D eigenvalue weighted by atomic mass is 10.2. The summed E-state index contributed by atoms with van der Waals surface area (Å²) < 4.78 is 44.6. The summed E-state index contributed by atoms with van der Waals surface area (Å²) in [6, 6.07) is 5.16. The third kappa shape index (κ3) is 3.45. The monoisotopic (exact) mass is 357 g/mol. The molecular weight excluding hydrogens is 343 g/mol. The van der Waals surface area contributed by atoms with E-state index in [2.05, 4.69) is 4.98 Å².